The first-order valence-electron chi connectivity index (χ1n) is 8.08. The van der Waals surface area contributed by atoms with Gasteiger partial charge in [0.05, 0.1) is 4.90 Å². The van der Waals surface area contributed by atoms with E-state index in [1.165, 1.54) is 18.4 Å². The lowest BCUT2D eigenvalue weighted by Gasteiger charge is -2.15. The largest absolute Gasteiger partial charge is 0.299 e. The Morgan fingerprint density at radius 2 is 1.67 bits per heavy atom. The Morgan fingerprint density at radius 3 is 2.38 bits per heavy atom. The number of hydrogen-bond acceptors (Lipinski definition) is 3. The molecule has 4 nitrogen and oxygen atoms in total. The lowest BCUT2D eigenvalue weighted by Crippen LogP contribution is -2.23. The van der Waals surface area contributed by atoms with Crippen molar-refractivity contribution < 1.29 is 8.42 Å². The molecule has 1 fully saturated rings. The number of halogens is 1. The molecule has 0 aromatic heterocycles. The van der Waals surface area contributed by atoms with Crippen molar-refractivity contribution in [2.75, 3.05) is 13.1 Å². The van der Waals surface area contributed by atoms with E-state index in [0.717, 1.165) is 29.7 Å². The van der Waals surface area contributed by atoms with Gasteiger partial charge in [-0.1, -0.05) is 40.2 Å². The molecule has 3 rings (SSSR count). The molecule has 24 heavy (non-hydrogen) atoms. The van der Waals surface area contributed by atoms with Crippen molar-refractivity contribution in [3.05, 3.63) is 64.1 Å². The van der Waals surface area contributed by atoms with Gasteiger partial charge in [0.25, 0.3) is 0 Å². The fourth-order valence-electron chi connectivity index (χ4n) is 2.91. The number of nitrogens with zero attached hydrogens (tertiary/aromatic N) is 1. The average molecular weight is 409 g/mol. The van der Waals surface area contributed by atoms with Crippen LogP contribution in [0.5, 0.6) is 0 Å². The molecular weight excluding hydrogens is 388 g/mol. The molecule has 1 heterocycles. The van der Waals surface area contributed by atoms with Crippen molar-refractivity contribution >= 4 is 26.0 Å². The van der Waals surface area contributed by atoms with E-state index in [1.807, 2.05) is 12.1 Å². The van der Waals surface area contributed by atoms with Crippen LogP contribution in [0.3, 0.4) is 0 Å². The summed E-state index contributed by atoms with van der Waals surface area (Å²) in [6.45, 7) is 3.54. The number of hydrogen-bond donors (Lipinski definition) is 1. The molecule has 0 spiro atoms. The number of benzene rings is 2. The van der Waals surface area contributed by atoms with Gasteiger partial charge in [-0.05, 0) is 61.3 Å². The Bertz CT molecular complexity index is 785. The predicted octanol–water partition coefficient (Wildman–Crippen LogP) is 3.52. The number of nitrogens with one attached hydrogen (secondary N) is 1. The predicted molar refractivity (Wildman–Crippen MR) is 99.1 cm³/mol. The summed E-state index contributed by atoms with van der Waals surface area (Å²) in [4.78, 5) is 2.71. The quantitative estimate of drug-likeness (QED) is 0.794. The standard InChI is InChI=1S/C18H21BrN2O2S/c19-17-6-8-18(9-7-17)24(22,23)20-13-15-4-3-5-16(12-15)14-21-10-1-2-11-21/h3-9,12,20H,1-2,10-11,13-14H2. The van der Waals surface area contributed by atoms with E-state index in [2.05, 4.69) is 37.7 Å². The zero-order valence-electron chi connectivity index (χ0n) is 13.4. The molecule has 0 radical (unpaired) electrons. The lowest BCUT2D eigenvalue weighted by molar-refractivity contribution is 0.331. The Kier molecular flexibility index (Phi) is 5.71. The number of sulfonamides is 1. The van der Waals surface area contributed by atoms with E-state index in [0.29, 0.717) is 6.54 Å². The SMILES string of the molecule is O=S(=O)(NCc1cccc(CN2CCCC2)c1)c1ccc(Br)cc1. The third kappa shape index (κ3) is 4.66. The van der Waals surface area contributed by atoms with Gasteiger partial charge in [0.1, 0.15) is 0 Å². The molecule has 2 aromatic rings. The molecule has 128 valence electrons. The summed E-state index contributed by atoms with van der Waals surface area (Å²) < 4.78 is 28.2. The van der Waals surface area contributed by atoms with Crippen LogP contribution >= 0.6 is 15.9 Å². The van der Waals surface area contributed by atoms with Crippen molar-refractivity contribution in [3.63, 3.8) is 0 Å². The molecule has 1 aliphatic heterocycles. The Hall–Kier alpha value is -1.21. The Morgan fingerprint density at radius 1 is 1.00 bits per heavy atom. The molecule has 0 amide bonds. The van der Waals surface area contributed by atoms with Crippen LogP contribution in [0.15, 0.2) is 57.9 Å². The first-order valence-corrected chi connectivity index (χ1v) is 10.4. The number of likely N-dealkylation sites (tertiary alicyclic amines) is 1. The van der Waals surface area contributed by atoms with Gasteiger partial charge in [0, 0.05) is 17.6 Å². The topological polar surface area (TPSA) is 49.4 Å². The summed E-state index contributed by atoms with van der Waals surface area (Å²) in [5.41, 5.74) is 2.21. The summed E-state index contributed by atoms with van der Waals surface area (Å²) in [6, 6.07) is 14.8. The van der Waals surface area contributed by atoms with Crippen molar-refractivity contribution in [1.29, 1.82) is 0 Å². The van der Waals surface area contributed by atoms with Gasteiger partial charge in [-0.25, -0.2) is 13.1 Å². The van der Waals surface area contributed by atoms with Gasteiger partial charge in [0.15, 0.2) is 0 Å². The molecule has 2 aromatic carbocycles. The maximum Gasteiger partial charge on any atom is 0.240 e. The van der Waals surface area contributed by atoms with Crippen LogP contribution in [0, 0.1) is 0 Å². The minimum Gasteiger partial charge on any atom is -0.299 e. The first-order chi connectivity index (χ1) is 11.5. The molecule has 1 aliphatic rings. The molecule has 0 saturated carbocycles. The Labute approximate surface area is 152 Å². The average Bonchev–Trinajstić information content (AvgIpc) is 3.07. The molecule has 1 saturated heterocycles. The minimum absolute atomic E-state index is 0.277. The van der Waals surface area contributed by atoms with Crippen molar-refractivity contribution in [3.8, 4) is 0 Å². The van der Waals surface area contributed by atoms with E-state index in [4.69, 9.17) is 0 Å². The molecule has 0 atom stereocenters. The summed E-state index contributed by atoms with van der Waals surface area (Å²) in [7, 11) is -3.49. The second kappa shape index (κ2) is 7.78. The molecule has 6 heteroatoms. The van der Waals surface area contributed by atoms with Crippen LogP contribution in [0.2, 0.25) is 0 Å². The molecular formula is C18H21BrN2O2S. The summed E-state index contributed by atoms with van der Waals surface area (Å²) in [5.74, 6) is 0. The van der Waals surface area contributed by atoms with Crippen LogP contribution < -0.4 is 4.72 Å². The highest BCUT2D eigenvalue weighted by Crippen LogP contribution is 2.16. The maximum absolute atomic E-state index is 12.3. The van der Waals surface area contributed by atoms with Gasteiger partial charge in [-0.3, -0.25) is 4.90 Å². The molecule has 0 aliphatic carbocycles. The van der Waals surface area contributed by atoms with Crippen LogP contribution in [0.25, 0.3) is 0 Å². The van der Waals surface area contributed by atoms with E-state index in [1.54, 1.807) is 24.3 Å². The lowest BCUT2D eigenvalue weighted by atomic mass is 10.1. The summed E-state index contributed by atoms with van der Waals surface area (Å²) in [6.07, 6.45) is 2.54. The molecule has 0 bridgehead atoms. The summed E-state index contributed by atoms with van der Waals surface area (Å²) in [5, 5.41) is 0. The summed E-state index contributed by atoms with van der Waals surface area (Å²) >= 11 is 3.31. The maximum atomic E-state index is 12.3. The smallest absolute Gasteiger partial charge is 0.240 e. The van der Waals surface area contributed by atoms with Crippen molar-refractivity contribution in [1.82, 2.24) is 9.62 Å². The highest BCUT2D eigenvalue weighted by atomic mass is 79.9. The zero-order valence-corrected chi connectivity index (χ0v) is 15.8. The first kappa shape index (κ1) is 17.6. The van der Waals surface area contributed by atoms with Gasteiger partial charge in [-0.15, -0.1) is 0 Å². The Balaban J connectivity index is 1.64. The van der Waals surface area contributed by atoms with Crippen LogP contribution in [-0.2, 0) is 23.1 Å². The number of rotatable bonds is 6. The third-order valence-electron chi connectivity index (χ3n) is 4.19. The molecule has 0 unspecified atom stereocenters. The van der Waals surface area contributed by atoms with E-state index in [-0.39, 0.29) is 4.90 Å². The second-order valence-corrected chi connectivity index (χ2v) is 8.76. The van der Waals surface area contributed by atoms with E-state index >= 15 is 0 Å². The van der Waals surface area contributed by atoms with Crippen LogP contribution in [0.1, 0.15) is 24.0 Å². The highest BCUT2D eigenvalue weighted by Gasteiger charge is 2.14. The minimum atomic E-state index is -3.49. The van der Waals surface area contributed by atoms with Crippen molar-refractivity contribution in [2.24, 2.45) is 0 Å². The monoisotopic (exact) mass is 408 g/mol. The fraction of sp³-hybridized carbons (Fsp3) is 0.333. The zero-order chi connectivity index (χ0) is 17.0. The van der Waals surface area contributed by atoms with Crippen LogP contribution in [-0.4, -0.2) is 26.4 Å². The normalized spacial score (nSPS) is 15.7. The second-order valence-electron chi connectivity index (χ2n) is 6.08. The van der Waals surface area contributed by atoms with Crippen molar-refractivity contribution in [2.45, 2.75) is 30.8 Å². The fourth-order valence-corrected chi connectivity index (χ4v) is 4.19. The van der Waals surface area contributed by atoms with Gasteiger partial charge < -0.3 is 0 Å². The van der Waals surface area contributed by atoms with Gasteiger partial charge >= 0.3 is 0 Å². The van der Waals surface area contributed by atoms with E-state index in [9.17, 15) is 8.42 Å². The van der Waals surface area contributed by atoms with Gasteiger partial charge in [-0.2, -0.15) is 0 Å². The molecule has 1 N–H and O–H groups in total. The van der Waals surface area contributed by atoms with E-state index < -0.39 is 10.0 Å². The van der Waals surface area contributed by atoms with Gasteiger partial charge in [0.2, 0.25) is 10.0 Å². The van der Waals surface area contributed by atoms with Crippen LogP contribution in [0.4, 0.5) is 0 Å². The third-order valence-corrected chi connectivity index (χ3v) is 6.13. The highest BCUT2D eigenvalue weighted by molar-refractivity contribution is 9.10.